The first kappa shape index (κ1) is 15.3. The van der Waals surface area contributed by atoms with Crippen LogP contribution in [0, 0.1) is 5.92 Å². The Hall–Kier alpha value is -1.79. The molecule has 2 atom stereocenters. The van der Waals surface area contributed by atoms with Crippen molar-refractivity contribution in [2.45, 2.75) is 25.1 Å². The number of amides is 1. The van der Waals surface area contributed by atoms with Gasteiger partial charge in [0.15, 0.2) is 0 Å². The van der Waals surface area contributed by atoms with Crippen molar-refractivity contribution >= 4 is 11.9 Å². The Morgan fingerprint density at radius 2 is 2.11 bits per heavy atom. The maximum atomic E-state index is 12.2. The first-order valence-electron chi connectivity index (χ1n) is 5.62. The standard InChI is InChI=1S/C12H14F3NO3/c1-19-10(17)7-9(8-5-3-2-4-6-8)16-11(18)12(13,14)15/h2-5,8-9H,6-7H2,1H3,(H,16,18)/t8-,9+/m0/s1. The first-order chi connectivity index (χ1) is 8.84. The molecule has 4 nitrogen and oxygen atoms in total. The zero-order chi connectivity index (χ0) is 14.5. The summed E-state index contributed by atoms with van der Waals surface area (Å²) < 4.78 is 41.1. The van der Waals surface area contributed by atoms with E-state index in [1.165, 1.54) is 0 Å². The summed E-state index contributed by atoms with van der Waals surface area (Å²) in [6, 6.07) is -0.942. The molecule has 1 rings (SSSR count). The molecule has 0 heterocycles. The lowest BCUT2D eigenvalue weighted by atomic mass is 9.90. The summed E-state index contributed by atoms with van der Waals surface area (Å²) in [5.41, 5.74) is 0. The van der Waals surface area contributed by atoms with E-state index in [-0.39, 0.29) is 12.3 Å². The van der Waals surface area contributed by atoms with Crippen LogP contribution in [0.2, 0.25) is 0 Å². The van der Waals surface area contributed by atoms with Gasteiger partial charge < -0.3 is 10.1 Å². The van der Waals surface area contributed by atoms with Gasteiger partial charge in [0.25, 0.3) is 0 Å². The van der Waals surface area contributed by atoms with Gasteiger partial charge in [-0.1, -0.05) is 24.3 Å². The molecule has 0 bridgehead atoms. The van der Waals surface area contributed by atoms with E-state index in [1.807, 2.05) is 5.32 Å². The number of halogens is 3. The average molecular weight is 277 g/mol. The highest BCUT2D eigenvalue weighted by molar-refractivity contribution is 5.82. The zero-order valence-corrected chi connectivity index (χ0v) is 10.2. The number of ether oxygens (including phenoxy) is 1. The molecule has 1 amide bonds. The molecule has 1 aliphatic carbocycles. The Bertz CT molecular complexity index is 402. The lowest BCUT2D eigenvalue weighted by molar-refractivity contribution is -0.174. The molecule has 0 unspecified atom stereocenters. The van der Waals surface area contributed by atoms with Gasteiger partial charge in [-0.3, -0.25) is 9.59 Å². The van der Waals surface area contributed by atoms with Gasteiger partial charge in [-0.05, 0) is 6.42 Å². The minimum absolute atomic E-state index is 0.304. The Balaban J connectivity index is 2.74. The second-order valence-electron chi connectivity index (χ2n) is 4.07. The number of rotatable bonds is 4. The summed E-state index contributed by atoms with van der Waals surface area (Å²) in [4.78, 5) is 22.2. The Morgan fingerprint density at radius 1 is 1.42 bits per heavy atom. The highest BCUT2D eigenvalue weighted by Gasteiger charge is 2.41. The molecule has 0 aromatic heterocycles. The summed E-state index contributed by atoms with van der Waals surface area (Å²) in [5.74, 6) is -3.09. The predicted molar refractivity (Wildman–Crippen MR) is 61.0 cm³/mol. The van der Waals surface area contributed by atoms with E-state index in [0.29, 0.717) is 6.42 Å². The highest BCUT2D eigenvalue weighted by Crippen LogP contribution is 2.21. The Kier molecular flexibility index (Phi) is 5.14. The van der Waals surface area contributed by atoms with E-state index in [0.717, 1.165) is 7.11 Å². The Labute approximate surface area is 108 Å². The van der Waals surface area contributed by atoms with Gasteiger partial charge in [-0.2, -0.15) is 13.2 Å². The molecule has 0 aromatic rings. The van der Waals surface area contributed by atoms with E-state index < -0.39 is 24.1 Å². The first-order valence-corrected chi connectivity index (χ1v) is 5.62. The summed E-state index contributed by atoms with van der Waals surface area (Å²) in [7, 11) is 1.14. The fourth-order valence-corrected chi connectivity index (χ4v) is 1.72. The number of esters is 1. The third-order valence-electron chi connectivity index (χ3n) is 2.72. The fourth-order valence-electron chi connectivity index (χ4n) is 1.72. The fraction of sp³-hybridized carbons (Fsp3) is 0.500. The molecule has 0 aliphatic heterocycles. The number of carbonyl (C=O) groups is 2. The number of methoxy groups -OCH3 is 1. The number of alkyl halides is 3. The van der Waals surface area contributed by atoms with Gasteiger partial charge in [0.2, 0.25) is 0 Å². The third-order valence-corrected chi connectivity index (χ3v) is 2.72. The molecule has 1 aliphatic rings. The molecule has 7 heteroatoms. The summed E-state index contributed by atoms with van der Waals surface area (Å²) in [6.07, 6.45) is 2.01. The highest BCUT2D eigenvalue weighted by atomic mass is 19.4. The van der Waals surface area contributed by atoms with Gasteiger partial charge in [0.1, 0.15) is 0 Å². The van der Waals surface area contributed by atoms with Crippen LogP contribution in [-0.2, 0) is 14.3 Å². The smallest absolute Gasteiger partial charge is 0.469 e. The van der Waals surface area contributed by atoms with Crippen molar-refractivity contribution in [2.75, 3.05) is 7.11 Å². The maximum Gasteiger partial charge on any atom is 0.471 e. The molecule has 0 fully saturated rings. The molecular formula is C12H14F3NO3. The largest absolute Gasteiger partial charge is 0.471 e. The number of carbonyl (C=O) groups excluding carboxylic acids is 2. The van der Waals surface area contributed by atoms with Gasteiger partial charge >= 0.3 is 18.1 Å². The SMILES string of the molecule is COC(=O)C[C@@H](NC(=O)C(F)(F)F)[C@H]1C=CC=CC1. The van der Waals surface area contributed by atoms with E-state index in [4.69, 9.17) is 0 Å². The summed E-state index contributed by atoms with van der Waals surface area (Å²) in [6.45, 7) is 0. The third kappa shape index (κ3) is 4.76. The number of hydrogen-bond donors (Lipinski definition) is 1. The zero-order valence-electron chi connectivity index (χ0n) is 10.2. The molecular weight excluding hydrogens is 263 g/mol. The molecule has 19 heavy (non-hydrogen) atoms. The number of hydrogen-bond acceptors (Lipinski definition) is 3. The van der Waals surface area contributed by atoms with Crippen molar-refractivity contribution in [1.82, 2.24) is 5.32 Å². The minimum Gasteiger partial charge on any atom is -0.469 e. The number of nitrogens with one attached hydrogen (secondary N) is 1. The molecule has 0 saturated heterocycles. The van der Waals surface area contributed by atoms with Crippen LogP contribution in [-0.4, -0.2) is 31.2 Å². The van der Waals surface area contributed by atoms with E-state index >= 15 is 0 Å². The molecule has 0 spiro atoms. The Morgan fingerprint density at radius 3 is 2.58 bits per heavy atom. The molecule has 1 N–H and O–H groups in total. The predicted octanol–water partition coefficient (Wildman–Crippen LogP) is 1.73. The van der Waals surface area contributed by atoms with Crippen LogP contribution in [0.1, 0.15) is 12.8 Å². The van der Waals surface area contributed by atoms with Crippen LogP contribution in [0.4, 0.5) is 13.2 Å². The minimum atomic E-state index is -4.97. The van der Waals surface area contributed by atoms with E-state index in [9.17, 15) is 22.8 Å². The summed E-state index contributed by atoms with van der Waals surface area (Å²) in [5, 5.41) is 1.84. The van der Waals surface area contributed by atoms with Crippen LogP contribution in [0.25, 0.3) is 0 Å². The van der Waals surface area contributed by atoms with E-state index in [1.54, 1.807) is 24.3 Å². The second-order valence-corrected chi connectivity index (χ2v) is 4.07. The van der Waals surface area contributed by atoms with Crippen molar-refractivity contribution in [3.63, 3.8) is 0 Å². The van der Waals surface area contributed by atoms with E-state index in [2.05, 4.69) is 4.74 Å². The monoisotopic (exact) mass is 277 g/mol. The molecule has 0 saturated carbocycles. The second kappa shape index (κ2) is 6.40. The molecule has 106 valence electrons. The van der Waals surface area contributed by atoms with Crippen molar-refractivity contribution in [3.8, 4) is 0 Å². The normalized spacial score (nSPS) is 19.9. The van der Waals surface area contributed by atoms with Gasteiger partial charge in [-0.25, -0.2) is 0 Å². The maximum absolute atomic E-state index is 12.2. The van der Waals surface area contributed by atoms with Gasteiger partial charge in [-0.15, -0.1) is 0 Å². The van der Waals surface area contributed by atoms with Crippen molar-refractivity contribution in [2.24, 2.45) is 5.92 Å². The van der Waals surface area contributed by atoms with Crippen LogP contribution in [0.15, 0.2) is 24.3 Å². The van der Waals surface area contributed by atoms with Crippen LogP contribution < -0.4 is 5.32 Å². The van der Waals surface area contributed by atoms with Crippen molar-refractivity contribution in [1.29, 1.82) is 0 Å². The van der Waals surface area contributed by atoms with Crippen LogP contribution in [0.3, 0.4) is 0 Å². The molecule has 0 aromatic carbocycles. The lowest BCUT2D eigenvalue weighted by Gasteiger charge is -2.25. The molecule has 0 radical (unpaired) electrons. The lowest BCUT2D eigenvalue weighted by Crippen LogP contribution is -2.47. The van der Waals surface area contributed by atoms with Crippen LogP contribution >= 0.6 is 0 Å². The quantitative estimate of drug-likeness (QED) is 0.796. The number of allylic oxidation sites excluding steroid dienone is 3. The topological polar surface area (TPSA) is 55.4 Å². The van der Waals surface area contributed by atoms with Gasteiger partial charge in [0, 0.05) is 12.0 Å². The average Bonchev–Trinajstić information content (AvgIpc) is 2.37. The van der Waals surface area contributed by atoms with Gasteiger partial charge in [0.05, 0.1) is 13.5 Å². The van der Waals surface area contributed by atoms with Crippen LogP contribution in [0.5, 0.6) is 0 Å². The van der Waals surface area contributed by atoms with Crippen molar-refractivity contribution in [3.05, 3.63) is 24.3 Å². The van der Waals surface area contributed by atoms with Crippen molar-refractivity contribution < 1.29 is 27.5 Å². The summed E-state index contributed by atoms with van der Waals surface area (Å²) >= 11 is 0.